The number of rotatable bonds is 5. The van der Waals surface area contributed by atoms with Crippen LogP contribution in [0.3, 0.4) is 0 Å². The third kappa shape index (κ3) is 5.08. The van der Waals surface area contributed by atoms with Gasteiger partial charge >= 0.3 is 6.09 Å². The lowest BCUT2D eigenvalue weighted by Crippen LogP contribution is -2.42. The van der Waals surface area contributed by atoms with Gasteiger partial charge in [0.05, 0.1) is 5.39 Å². The second-order valence-electron chi connectivity index (χ2n) is 9.44. The zero-order chi connectivity index (χ0) is 22.2. The molecule has 1 unspecified atom stereocenters. The second-order valence-corrected chi connectivity index (χ2v) is 10.5. The van der Waals surface area contributed by atoms with Crippen LogP contribution in [0.2, 0.25) is 0 Å². The highest BCUT2D eigenvalue weighted by atomic mass is 32.1. The molecule has 0 aliphatic heterocycles. The number of amides is 2. The molecular formula is C22H30N4O4S. The van der Waals surface area contributed by atoms with Crippen LogP contribution < -0.4 is 15.8 Å². The predicted molar refractivity (Wildman–Crippen MR) is 118 cm³/mol. The van der Waals surface area contributed by atoms with E-state index in [1.54, 1.807) is 17.7 Å². The Morgan fingerprint density at radius 1 is 1.19 bits per heavy atom. The van der Waals surface area contributed by atoms with Crippen molar-refractivity contribution in [2.75, 3.05) is 0 Å². The molecule has 2 aromatic rings. The molecule has 0 saturated heterocycles. The van der Waals surface area contributed by atoms with Gasteiger partial charge in [0, 0.05) is 17.3 Å². The van der Waals surface area contributed by atoms with Crippen LogP contribution in [0.4, 0.5) is 4.79 Å². The van der Waals surface area contributed by atoms with E-state index in [2.05, 4.69) is 15.3 Å². The minimum absolute atomic E-state index is 0.0290. The van der Waals surface area contributed by atoms with Gasteiger partial charge in [-0.15, -0.1) is 11.3 Å². The van der Waals surface area contributed by atoms with E-state index >= 15 is 0 Å². The monoisotopic (exact) mass is 446 g/mol. The van der Waals surface area contributed by atoms with Gasteiger partial charge < -0.3 is 20.5 Å². The molecule has 1 atom stereocenters. The zero-order valence-electron chi connectivity index (χ0n) is 18.3. The van der Waals surface area contributed by atoms with Gasteiger partial charge in [-0.3, -0.25) is 4.79 Å². The fourth-order valence-corrected chi connectivity index (χ4v) is 5.76. The summed E-state index contributed by atoms with van der Waals surface area (Å²) in [5.74, 6) is 0.429. The number of nitrogens with two attached hydrogens (primary N) is 1. The number of ether oxygens (including phenoxy) is 2. The van der Waals surface area contributed by atoms with Crippen molar-refractivity contribution >= 4 is 33.6 Å². The number of hydrogen-bond acceptors (Lipinski definition) is 7. The molecule has 0 bridgehead atoms. The molecule has 1 saturated carbocycles. The summed E-state index contributed by atoms with van der Waals surface area (Å²) in [6, 6.07) is 0.0884. The summed E-state index contributed by atoms with van der Waals surface area (Å²) in [6.07, 6.45) is 6.70. The van der Waals surface area contributed by atoms with Crippen LogP contribution in [-0.2, 0) is 16.0 Å². The molecule has 168 valence electrons. The molecule has 2 aromatic heterocycles. The van der Waals surface area contributed by atoms with E-state index in [9.17, 15) is 9.59 Å². The van der Waals surface area contributed by atoms with E-state index < -0.39 is 5.60 Å². The van der Waals surface area contributed by atoms with Gasteiger partial charge in [0.25, 0.3) is 0 Å². The quantitative estimate of drug-likeness (QED) is 0.721. The maximum Gasteiger partial charge on any atom is 0.407 e. The van der Waals surface area contributed by atoms with Crippen LogP contribution in [0, 0.1) is 0 Å². The number of alkyl carbamates (subject to hydrolysis) is 1. The maximum absolute atomic E-state index is 12.0. The van der Waals surface area contributed by atoms with Gasteiger partial charge in [-0.05, 0) is 70.8 Å². The third-order valence-electron chi connectivity index (χ3n) is 5.82. The summed E-state index contributed by atoms with van der Waals surface area (Å²) in [6.45, 7) is 5.57. The van der Waals surface area contributed by atoms with Crippen LogP contribution in [0.5, 0.6) is 5.88 Å². The SMILES string of the molecule is CC(C)(C)OC(=O)NC1CCC(Oc2ncnc3sc4c(c23)C(CC(N)=O)CC4)CC1. The Kier molecular flexibility index (Phi) is 6.05. The fourth-order valence-electron chi connectivity index (χ4n) is 4.53. The normalized spacial score (nSPS) is 23.4. The Bertz CT molecular complexity index is 976. The van der Waals surface area contributed by atoms with E-state index in [4.69, 9.17) is 15.2 Å². The van der Waals surface area contributed by atoms with Crippen LogP contribution in [0.1, 0.15) is 75.7 Å². The number of thiophene rings is 1. The Morgan fingerprint density at radius 2 is 1.94 bits per heavy atom. The van der Waals surface area contributed by atoms with Crippen LogP contribution >= 0.6 is 11.3 Å². The smallest absolute Gasteiger partial charge is 0.407 e. The highest BCUT2D eigenvalue weighted by molar-refractivity contribution is 7.19. The maximum atomic E-state index is 12.0. The standard InChI is InChI=1S/C22H30N4O4S/c1-22(2,3)30-21(28)26-13-5-7-14(8-6-13)29-19-18-17-12(10-16(23)27)4-9-15(17)31-20(18)25-11-24-19/h11-14H,4-10H2,1-3H3,(H2,23,27)(H,26,28). The molecule has 31 heavy (non-hydrogen) atoms. The van der Waals surface area contributed by atoms with Crippen molar-refractivity contribution in [1.29, 1.82) is 0 Å². The van der Waals surface area contributed by atoms with Gasteiger partial charge in [0.1, 0.15) is 22.9 Å². The number of nitrogens with one attached hydrogen (secondary N) is 1. The third-order valence-corrected chi connectivity index (χ3v) is 6.99. The first-order valence-corrected chi connectivity index (χ1v) is 11.7. The highest BCUT2D eigenvalue weighted by Gasteiger charge is 2.32. The van der Waals surface area contributed by atoms with Crippen molar-refractivity contribution in [2.24, 2.45) is 5.73 Å². The lowest BCUT2D eigenvalue weighted by Gasteiger charge is -2.30. The summed E-state index contributed by atoms with van der Waals surface area (Å²) in [5.41, 5.74) is 6.12. The Balaban J connectivity index is 1.42. The Morgan fingerprint density at radius 3 is 2.61 bits per heavy atom. The molecule has 2 aliphatic carbocycles. The predicted octanol–water partition coefficient (Wildman–Crippen LogP) is 3.81. The highest BCUT2D eigenvalue weighted by Crippen LogP contribution is 2.47. The number of carbonyl (C=O) groups is 2. The average Bonchev–Trinajstić information content (AvgIpc) is 3.21. The zero-order valence-corrected chi connectivity index (χ0v) is 19.1. The van der Waals surface area contributed by atoms with E-state index in [0.29, 0.717) is 12.3 Å². The van der Waals surface area contributed by atoms with Crippen LogP contribution in [0.25, 0.3) is 10.2 Å². The molecular weight excluding hydrogens is 416 g/mol. The molecule has 8 nitrogen and oxygen atoms in total. The van der Waals surface area contributed by atoms with E-state index in [-0.39, 0.29) is 30.1 Å². The Labute approximate surface area is 185 Å². The van der Waals surface area contributed by atoms with Crippen molar-refractivity contribution in [3.8, 4) is 5.88 Å². The molecule has 1 fully saturated rings. The first-order valence-electron chi connectivity index (χ1n) is 10.9. The van der Waals surface area contributed by atoms with E-state index in [1.807, 2.05) is 20.8 Å². The van der Waals surface area contributed by atoms with Crippen molar-refractivity contribution < 1.29 is 19.1 Å². The topological polar surface area (TPSA) is 116 Å². The Hall–Kier alpha value is -2.42. The van der Waals surface area contributed by atoms with Crippen molar-refractivity contribution in [1.82, 2.24) is 15.3 Å². The number of carbonyl (C=O) groups excluding carboxylic acids is 2. The summed E-state index contributed by atoms with van der Waals surface area (Å²) in [4.78, 5) is 34.6. The van der Waals surface area contributed by atoms with Gasteiger partial charge in [-0.2, -0.15) is 0 Å². The number of fused-ring (bicyclic) bond motifs is 3. The van der Waals surface area contributed by atoms with Crippen molar-refractivity contribution in [3.05, 3.63) is 16.8 Å². The molecule has 2 heterocycles. The lowest BCUT2D eigenvalue weighted by atomic mass is 9.93. The summed E-state index contributed by atoms with van der Waals surface area (Å²) >= 11 is 1.66. The molecule has 4 rings (SSSR count). The average molecular weight is 447 g/mol. The molecule has 0 spiro atoms. The fraction of sp³-hybridized carbons (Fsp3) is 0.636. The number of aryl methyl sites for hydroxylation is 1. The summed E-state index contributed by atoms with van der Waals surface area (Å²) in [5, 5.41) is 3.90. The van der Waals surface area contributed by atoms with Crippen molar-refractivity contribution in [3.63, 3.8) is 0 Å². The van der Waals surface area contributed by atoms with Gasteiger partial charge in [0.2, 0.25) is 11.8 Å². The second kappa shape index (κ2) is 8.61. The van der Waals surface area contributed by atoms with Crippen LogP contribution in [-0.4, -0.2) is 39.7 Å². The molecule has 9 heteroatoms. The van der Waals surface area contributed by atoms with E-state index in [1.165, 1.54) is 4.88 Å². The van der Waals surface area contributed by atoms with Crippen molar-refractivity contribution in [2.45, 2.75) is 89.4 Å². The van der Waals surface area contributed by atoms with Gasteiger partial charge in [-0.25, -0.2) is 14.8 Å². The van der Waals surface area contributed by atoms with Gasteiger partial charge in [-0.1, -0.05) is 0 Å². The molecule has 3 N–H and O–H groups in total. The van der Waals surface area contributed by atoms with Gasteiger partial charge in [0.15, 0.2) is 0 Å². The molecule has 0 radical (unpaired) electrons. The first kappa shape index (κ1) is 21.8. The molecule has 2 amide bonds. The van der Waals surface area contributed by atoms with Crippen LogP contribution in [0.15, 0.2) is 6.33 Å². The first-order chi connectivity index (χ1) is 14.7. The van der Waals surface area contributed by atoms with E-state index in [0.717, 1.165) is 54.3 Å². The minimum Gasteiger partial charge on any atom is -0.474 e. The number of hydrogen-bond donors (Lipinski definition) is 2. The number of aromatic nitrogens is 2. The minimum atomic E-state index is -0.504. The number of nitrogens with zero attached hydrogens (tertiary/aromatic N) is 2. The lowest BCUT2D eigenvalue weighted by molar-refractivity contribution is -0.118. The molecule has 2 aliphatic rings. The summed E-state index contributed by atoms with van der Waals surface area (Å²) < 4.78 is 11.7. The number of primary amides is 1. The molecule has 0 aromatic carbocycles. The largest absolute Gasteiger partial charge is 0.474 e. The summed E-state index contributed by atoms with van der Waals surface area (Å²) in [7, 11) is 0.